The maximum absolute atomic E-state index is 12.3. The fourth-order valence-corrected chi connectivity index (χ4v) is 3.00. The van der Waals surface area contributed by atoms with Gasteiger partial charge in [-0.05, 0) is 49.1 Å². The fraction of sp³-hybridized carbons (Fsp3) is 0.261. The van der Waals surface area contributed by atoms with Gasteiger partial charge in [-0.1, -0.05) is 49.2 Å². The van der Waals surface area contributed by atoms with E-state index in [2.05, 4.69) is 39.4 Å². The third-order valence-electron chi connectivity index (χ3n) is 4.54. The van der Waals surface area contributed by atoms with Gasteiger partial charge in [0.2, 0.25) is 0 Å². The monoisotopic (exact) mass is 370 g/mol. The molecule has 0 spiro atoms. The van der Waals surface area contributed by atoms with Crippen molar-refractivity contribution in [3.8, 4) is 17.5 Å². The zero-order valence-corrected chi connectivity index (χ0v) is 15.7. The average molecular weight is 370 g/mol. The van der Waals surface area contributed by atoms with Crippen LogP contribution in [-0.2, 0) is 6.42 Å². The van der Waals surface area contributed by atoms with Crippen molar-refractivity contribution >= 4 is 5.78 Å². The number of aromatic nitrogens is 3. The van der Waals surface area contributed by atoms with Gasteiger partial charge < -0.3 is 0 Å². The minimum absolute atomic E-state index is 0.0147. The summed E-state index contributed by atoms with van der Waals surface area (Å²) in [5.74, 6) is 0.0147. The minimum Gasteiger partial charge on any atom is -0.292 e. The molecule has 0 amide bonds. The molecule has 0 atom stereocenters. The number of aryl methyl sites for hydroxylation is 1. The van der Waals surface area contributed by atoms with E-state index in [0.29, 0.717) is 29.2 Å². The average Bonchev–Trinajstić information content (AvgIpc) is 2.77. The molecule has 5 nitrogen and oxygen atoms in total. The van der Waals surface area contributed by atoms with Crippen molar-refractivity contribution in [2.45, 2.75) is 38.5 Å². The zero-order chi connectivity index (χ0) is 19.6. The Hall–Kier alpha value is -3.39. The number of unbranched alkanes of at least 4 members (excludes halogenated alkanes) is 3. The van der Waals surface area contributed by atoms with E-state index < -0.39 is 0 Å². The summed E-state index contributed by atoms with van der Waals surface area (Å²) in [6, 6.07) is 21.0. The van der Waals surface area contributed by atoms with E-state index in [1.165, 1.54) is 5.56 Å². The van der Waals surface area contributed by atoms with Gasteiger partial charge in [0, 0.05) is 6.42 Å². The van der Waals surface area contributed by atoms with Crippen molar-refractivity contribution in [2.24, 2.45) is 0 Å². The van der Waals surface area contributed by atoms with Crippen LogP contribution in [0.2, 0.25) is 0 Å². The molecule has 0 N–H and O–H groups in total. The van der Waals surface area contributed by atoms with Crippen LogP contribution in [0.15, 0.2) is 60.7 Å². The number of hydrogen-bond donors (Lipinski definition) is 0. The summed E-state index contributed by atoms with van der Waals surface area (Å²) in [5, 5.41) is 17.1. The van der Waals surface area contributed by atoms with Crippen molar-refractivity contribution < 1.29 is 4.79 Å². The summed E-state index contributed by atoms with van der Waals surface area (Å²) in [4.78, 5) is 16.5. The molecule has 0 saturated carbocycles. The number of nitriles is 1. The predicted octanol–water partition coefficient (Wildman–Crippen LogP) is 4.79. The molecule has 140 valence electrons. The van der Waals surface area contributed by atoms with Crippen LogP contribution in [0.25, 0.3) is 11.4 Å². The van der Waals surface area contributed by atoms with E-state index in [4.69, 9.17) is 5.26 Å². The highest BCUT2D eigenvalue weighted by Crippen LogP contribution is 2.15. The van der Waals surface area contributed by atoms with Gasteiger partial charge in [0.05, 0.1) is 5.69 Å². The van der Waals surface area contributed by atoms with Crippen molar-refractivity contribution in [1.82, 2.24) is 15.2 Å². The Bertz CT molecular complexity index is 946. The van der Waals surface area contributed by atoms with Crippen molar-refractivity contribution in [3.63, 3.8) is 0 Å². The first kappa shape index (κ1) is 19.4. The first-order valence-corrected chi connectivity index (χ1v) is 9.54. The molecule has 2 heterocycles. The number of benzene rings is 1. The molecule has 1 aromatic carbocycles. The quantitative estimate of drug-likeness (QED) is 0.400. The molecule has 3 aromatic rings. The normalized spacial score (nSPS) is 10.4. The Labute approximate surface area is 165 Å². The molecule has 0 aliphatic heterocycles. The molecule has 0 unspecified atom stereocenters. The Morgan fingerprint density at radius 2 is 1.64 bits per heavy atom. The third-order valence-corrected chi connectivity index (χ3v) is 4.54. The predicted molar refractivity (Wildman–Crippen MR) is 108 cm³/mol. The molecule has 0 aliphatic rings. The zero-order valence-electron chi connectivity index (χ0n) is 15.7. The number of nitrogens with zero attached hydrogens (tertiary/aromatic N) is 4. The lowest BCUT2D eigenvalue weighted by molar-refractivity contribution is 0.0973. The number of hydrogen-bond acceptors (Lipinski definition) is 5. The van der Waals surface area contributed by atoms with Crippen LogP contribution in [0.1, 0.15) is 53.8 Å². The van der Waals surface area contributed by atoms with Gasteiger partial charge in [0.1, 0.15) is 23.2 Å². The maximum Gasteiger partial charge on any atom is 0.183 e. The van der Waals surface area contributed by atoms with Crippen LogP contribution >= 0.6 is 0 Å². The minimum atomic E-state index is 0.0147. The van der Waals surface area contributed by atoms with Crippen LogP contribution in [0.4, 0.5) is 0 Å². The van der Waals surface area contributed by atoms with Gasteiger partial charge in [0.15, 0.2) is 5.78 Å². The third kappa shape index (κ3) is 5.55. The standard InChI is InChI=1S/C23H22N4O/c24-17-19-12-8-13-20(25-19)21-15-16-22(27-26-21)23(28)14-7-2-1-4-9-18-10-5-3-6-11-18/h3,5-6,8,10-13,15-16H,1-2,4,7,9,14H2. The molecular formula is C23H22N4O. The molecule has 2 aromatic heterocycles. The first-order valence-electron chi connectivity index (χ1n) is 9.54. The molecule has 0 radical (unpaired) electrons. The molecule has 5 heteroatoms. The molecule has 0 saturated heterocycles. The van der Waals surface area contributed by atoms with Gasteiger partial charge in [-0.15, -0.1) is 10.2 Å². The molecule has 0 aliphatic carbocycles. The van der Waals surface area contributed by atoms with E-state index in [-0.39, 0.29) is 5.78 Å². The Morgan fingerprint density at radius 1 is 0.821 bits per heavy atom. The second-order valence-electron chi connectivity index (χ2n) is 6.65. The largest absolute Gasteiger partial charge is 0.292 e. The molecule has 0 bridgehead atoms. The van der Waals surface area contributed by atoms with Crippen LogP contribution in [-0.4, -0.2) is 21.0 Å². The highest BCUT2D eigenvalue weighted by molar-refractivity contribution is 5.94. The van der Waals surface area contributed by atoms with Crippen LogP contribution in [0.3, 0.4) is 0 Å². The topological polar surface area (TPSA) is 79.5 Å². The van der Waals surface area contributed by atoms with Crippen LogP contribution in [0, 0.1) is 11.3 Å². The highest BCUT2D eigenvalue weighted by atomic mass is 16.1. The molecule has 3 rings (SSSR count). The van der Waals surface area contributed by atoms with E-state index in [1.54, 1.807) is 30.3 Å². The number of Topliss-reactive ketones (excluding diaryl/α,β-unsaturated/α-hetero) is 1. The second kappa shape index (κ2) is 10.1. The van der Waals surface area contributed by atoms with Gasteiger partial charge in [-0.2, -0.15) is 5.26 Å². The van der Waals surface area contributed by atoms with Crippen molar-refractivity contribution in [3.05, 3.63) is 77.6 Å². The molecule has 0 fully saturated rings. The lowest BCUT2D eigenvalue weighted by Crippen LogP contribution is -2.04. The van der Waals surface area contributed by atoms with Crippen molar-refractivity contribution in [2.75, 3.05) is 0 Å². The van der Waals surface area contributed by atoms with Gasteiger partial charge in [-0.25, -0.2) is 4.98 Å². The van der Waals surface area contributed by atoms with Crippen molar-refractivity contribution in [1.29, 1.82) is 5.26 Å². The maximum atomic E-state index is 12.3. The summed E-state index contributed by atoms with van der Waals surface area (Å²) in [7, 11) is 0. The van der Waals surface area contributed by atoms with Gasteiger partial charge in [-0.3, -0.25) is 4.79 Å². The lowest BCUT2D eigenvalue weighted by Gasteiger charge is -2.03. The number of carbonyl (C=O) groups excluding carboxylic acids is 1. The number of ketones is 1. The Balaban J connectivity index is 1.42. The van der Waals surface area contributed by atoms with Gasteiger partial charge in [0.25, 0.3) is 0 Å². The summed E-state index contributed by atoms with van der Waals surface area (Å²) < 4.78 is 0. The summed E-state index contributed by atoms with van der Waals surface area (Å²) in [5.41, 5.74) is 3.19. The first-order chi connectivity index (χ1) is 13.8. The van der Waals surface area contributed by atoms with E-state index in [0.717, 1.165) is 32.1 Å². The summed E-state index contributed by atoms with van der Waals surface area (Å²) in [6.45, 7) is 0. The number of pyridine rings is 1. The molecular weight excluding hydrogens is 348 g/mol. The van der Waals surface area contributed by atoms with E-state index >= 15 is 0 Å². The van der Waals surface area contributed by atoms with Crippen LogP contribution < -0.4 is 0 Å². The second-order valence-corrected chi connectivity index (χ2v) is 6.65. The van der Waals surface area contributed by atoms with E-state index in [1.807, 2.05) is 12.1 Å². The number of rotatable bonds is 9. The van der Waals surface area contributed by atoms with Crippen LogP contribution in [0.5, 0.6) is 0 Å². The Kier molecular flexibility index (Phi) is 6.97. The summed E-state index contributed by atoms with van der Waals surface area (Å²) >= 11 is 0. The fourth-order valence-electron chi connectivity index (χ4n) is 3.00. The SMILES string of the molecule is N#Cc1cccc(-c2ccc(C(=O)CCCCCCc3ccccc3)nn2)n1. The molecule has 28 heavy (non-hydrogen) atoms. The van der Waals surface area contributed by atoms with Gasteiger partial charge >= 0.3 is 0 Å². The smallest absolute Gasteiger partial charge is 0.183 e. The highest BCUT2D eigenvalue weighted by Gasteiger charge is 2.10. The summed E-state index contributed by atoms with van der Waals surface area (Å²) in [6.07, 6.45) is 5.73. The Morgan fingerprint density at radius 3 is 2.39 bits per heavy atom. The lowest BCUT2D eigenvalue weighted by atomic mass is 10.0. The van der Waals surface area contributed by atoms with E-state index in [9.17, 15) is 4.79 Å². The number of carbonyl (C=O) groups is 1.